The zero-order valence-electron chi connectivity index (χ0n) is 8.00. The Hall–Kier alpha value is -0.180. The summed E-state index contributed by atoms with van der Waals surface area (Å²) in [5.74, 6) is 1.60. The van der Waals surface area contributed by atoms with Crippen LogP contribution in [0, 0.1) is 0 Å². The van der Waals surface area contributed by atoms with Gasteiger partial charge in [-0.1, -0.05) is 6.42 Å². The lowest BCUT2D eigenvalue weighted by Gasteiger charge is -2.25. The van der Waals surface area contributed by atoms with E-state index >= 15 is 0 Å². The van der Waals surface area contributed by atoms with Gasteiger partial charge >= 0.3 is 0 Å². The highest BCUT2D eigenvalue weighted by Crippen LogP contribution is 2.27. The first-order valence-electron chi connectivity index (χ1n) is 5.28. The van der Waals surface area contributed by atoms with Crippen LogP contribution in [-0.2, 0) is 4.79 Å². The van der Waals surface area contributed by atoms with Crippen molar-refractivity contribution in [3.63, 3.8) is 0 Å². The number of hydrogen-bond donors (Lipinski definition) is 0. The molecule has 2 fully saturated rings. The minimum absolute atomic E-state index is 0.298. The molecule has 0 N–H and O–H groups in total. The lowest BCUT2D eigenvalue weighted by Crippen LogP contribution is -2.36. The van der Waals surface area contributed by atoms with Gasteiger partial charge in [0.15, 0.2) is 0 Å². The number of carbonyl (C=O) groups excluding carboxylic acids is 1. The largest absolute Gasteiger partial charge is 0.342 e. The second-order valence-corrected chi connectivity index (χ2v) is 5.20. The second kappa shape index (κ2) is 4.36. The van der Waals surface area contributed by atoms with Crippen LogP contribution in [-0.4, -0.2) is 34.9 Å². The molecular weight excluding hydrogens is 182 g/mol. The van der Waals surface area contributed by atoms with Crippen LogP contribution in [0.1, 0.15) is 32.1 Å². The molecule has 0 spiro atoms. The number of thioether (sulfide) groups is 1. The number of carbonyl (C=O) groups is 1. The molecule has 0 radical (unpaired) electrons. The van der Waals surface area contributed by atoms with E-state index in [4.69, 9.17) is 0 Å². The minimum Gasteiger partial charge on any atom is -0.342 e. The van der Waals surface area contributed by atoms with Gasteiger partial charge in [0, 0.05) is 13.1 Å². The molecule has 0 aromatic carbocycles. The standard InChI is InChI=1S/C10H17NOS/c12-10(11-6-2-3-7-11)9-5-1-4-8-13-9/h9H,1-8H2. The minimum atomic E-state index is 0.298. The lowest BCUT2D eigenvalue weighted by atomic mass is 10.2. The van der Waals surface area contributed by atoms with E-state index < -0.39 is 0 Å². The van der Waals surface area contributed by atoms with Gasteiger partial charge in [0.2, 0.25) is 5.91 Å². The third kappa shape index (κ3) is 2.19. The Balaban J connectivity index is 1.87. The van der Waals surface area contributed by atoms with E-state index in [1.54, 1.807) is 0 Å². The molecule has 2 nitrogen and oxygen atoms in total. The van der Waals surface area contributed by atoms with E-state index in [1.807, 2.05) is 11.8 Å². The van der Waals surface area contributed by atoms with Gasteiger partial charge in [-0.2, -0.15) is 0 Å². The molecule has 2 heterocycles. The molecule has 74 valence electrons. The first-order chi connectivity index (χ1) is 6.38. The van der Waals surface area contributed by atoms with E-state index in [-0.39, 0.29) is 0 Å². The molecule has 2 rings (SSSR count). The van der Waals surface area contributed by atoms with Crippen molar-refractivity contribution < 1.29 is 4.79 Å². The van der Waals surface area contributed by atoms with Crippen LogP contribution in [0.25, 0.3) is 0 Å². The third-order valence-electron chi connectivity index (χ3n) is 2.87. The Labute approximate surface area is 84.1 Å². The maximum absolute atomic E-state index is 11.9. The van der Waals surface area contributed by atoms with Gasteiger partial charge in [0.1, 0.15) is 0 Å². The van der Waals surface area contributed by atoms with Crippen molar-refractivity contribution in [2.75, 3.05) is 18.8 Å². The van der Waals surface area contributed by atoms with Crippen LogP contribution in [0.2, 0.25) is 0 Å². The zero-order valence-corrected chi connectivity index (χ0v) is 8.81. The van der Waals surface area contributed by atoms with Crippen LogP contribution in [0.3, 0.4) is 0 Å². The van der Waals surface area contributed by atoms with Gasteiger partial charge in [0.05, 0.1) is 5.25 Å². The monoisotopic (exact) mass is 199 g/mol. The van der Waals surface area contributed by atoms with Crippen molar-refractivity contribution >= 4 is 17.7 Å². The molecule has 0 aliphatic carbocycles. The maximum Gasteiger partial charge on any atom is 0.235 e. The third-order valence-corrected chi connectivity index (χ3v) is 4.24. The molecule has 1 amide bonds. The topological polar surface area (TPSA) is 20.3 Å². The van der Waals surface area contributed by atoms with Gasteiger partial charge in [-0.25, -0.2) is 0 Å². The number of likely N-dealkylation sites (tertiary alicyclic amines) is 1. The highest BCUT2D eigenvalue weighted by Gasteiger charge is 2.27. The first-order valence-corrected chi connectivity index (χ1v) is 6.33. The highest BCUT2D eigenvalue weighted by atomic mass is 32.2. The van der Waals surface area contributed by atoms with Gasteiger partial charge in [-0.15, -0.1) is 11.8 Å². The van der Waals surface area contributed by atoms with Gasteiger partial charge in [-0.3, -0.25) is 4.79 Å². The average molecular weight is 199 g/mol. The Morgan fingerprint density at radius 3 is 2.54 bits per heavy atom. The predicted molar refractivity (Wildman–Crippen MR) is 55.9 cm³/mol. The normalized spacial score (nSPS) is 29.2. The summed E-state index contributed by atoms with van der Waals surface area (Å²) >= 11 is 1.87. The van der Waals surface area contributed by atoms with Gasteiger partial charge in [0.25, 0.3) is 0 Å². The SMILES string of the molecule is O=C(C1CCCCS1)N1CCCC1. The molecule has 1 unspecified atom stereocenters. The Bertz CT molecular complexity index is 183. The van der Waals surface area contributed by atoms with E-state index in [2.05, 4.69) is 4.90 Å². The fraction of sp³-hybridized carbons (Fsp3) is 0.900. The molecule has 0 saturated carbocycles. The Kier molecular flexibility index (Phi) is 3.14. The summed E-state index contributed by atoms with van der Waals surface area (Å²) in [5.41, 5.74) is 0. The van der Waals surface area contributed by atoms with Crippen molar-refractivity contribution in [1.29, 1.82) is 0 Å². The van der Waals surface area contributed by atoms with E-state index in [1.165, 1.54) is 31.4 Å². The van der Waals surface area contributed by atoms with Crippen molar-refractivity contribution in [2.45, 2.75) is 37.4 Å². The van der Waals surface area contributed by atoms with Crippen molar-refractivity contribution in [1.82, 2.24) is 4.90 Å². The highest BCUT2D eigenvalue weighted by molar-refractivity contribution is 8.00. The number of amides is 1. The maximum atomic E-state index is 11.9. The Morgan fingerprint density at radius 2 is 1.92 bits per heavy atom. The number of hydrogen-bond acceptors (Lipinski definition) is 2. The van der Waals surface area contributed by atoms with E-state index in [9.17, 15) is 4.79 Å². The second-order valence-electron chi connectivity index (χ2n) is 3.89. The van der Waals surface area contributed by atoms with Gasteiger partial charge < -0.3 is 4.90 Å². The molecular formula is C10H17NOS. The fourth-order valence-electron chi connectivity index (χ4n) is 2.08. The average Bonchev–Trinajstić information content (AvgIpc) is 2.71. The molecule has 13 heavy (non-hydrogen) atoms. The van der Waals surface area contributed by atoms with Crippen LogP contribution in [0.4, 0.5) is 0 Å². The van der Waals surface area contributed by atoms with Crippen LogP contribution in [0.5, 0.6) is 0 Å². The summed E-state index contributed by atoms with van der Waals surface area (Å²) in [6.07, 6.45) is 6.08. The molecule has 0 aromatic rings. The number of rotatable bonds is 1. The summed E-state index contributed by atoms with van der Waals surface area (Å²) < 4.78 is 0. The number of nitrogens with zero attached hydrogens (tertiary/aromatic N) is 1. The Morgan fingerprint density at radius 1 is 1.15 bits per heavy atom. The molecule has 2 aliphatic rings. The zero-order chi connectivity index (χ0) is 9.10. The quantitative estimate of drug-likeness (QED) is 0.643. The summed E-state index contributed by atoms with van der Waals surface area (Å²) in [4.78, 5) is 14.0. The molecule has 3 heteroatoms. The van der Waals surface area contributed by atoms with Crippen LogP contribution < -0.4 is 0 Å². The van der Waals surface area contributed by atoms with Crippen LogP contribution in [0.15, 0.2) is 0 Å². The van der Waals surface area contributed by atoms with Crippen LogP contribution >= 0.6 is 11.8 Å². The fourth-order valence-corrected chi connectivity index (χ4v) is 3.36. The molecule has 0 aromatic heterocycles. The molecule has 0 bridgehead atoms. The summed E-state index contributed by atoms with van der Waals surface area (Å²) in [6, 6.07) is 0. The molecule has 2 aliphatic heterocycles. The summed E-state index contributed by atoms with van der Waals surface area (Å²) in [6.45, 7) is 2.02. The molecule has 2 saturated heterocycles. The van der Waals surface area contributed by atoms with Crippen molar-refractivity contribution in [3.05, 3.63) is 0 Å². The van der Waals surface area contributed by atoms with E-state index in [0.717, 1.165) is 19.5 Å². The first kappa shape index (κ1) is 9.38. The predicted octanol–water partition coefficient (Wildman–Crippen LogP) is 1.89. The molecule has 1 atom stereocenters. The van der Waals surface area contributed by atoms with E-state index in [0.29, 0.717) is 11.2 Å². The summed E-state index contributed by atoms with van der Waals surface area (Å²) in [5, 5.41) is 0.298. The van der Waals surface area contributed by atoms with Crippen molar-refractivity contribution in [3.8, 4) is 0 Å². The van der Waals surface area contributed by atoms with Gasteiger partial charge in [-0.05, 0) is 31.4 Å². The summed E-state index contributed by atoms with van der Waals surface area (Å²) in [7, 11) is 0. The smallest absolute Gasteiger partial charge is 0.235 e. The lowest BCUT2D eigenvalue weighted by molar-refractivity contribution is -0.129. The van der Waals surface area contributed by atoms with Crippen molar-refractivity contribution in [2.24, 2.45) is 0 Å².